The molecule has 7 nitrogen and oxygen atoms in total. The Labute approximate surface area is 148 Å². The van der Waals surface area contributed by atoms with Crippen molar-refractivity contribution < 1.29 is 13.9 Å². The van der Waals surface area contributed by atoms with E-state index in [1.807, 2.05) is 19.2 Å². The second kappa shape index (κ2) is 6.50. The maximum atomic E-state index is 12.5. The minimum atomic E-state index is -0.364. The minimum Gasteiger partial charge on any atom is -0.448 e. The van der Waals surface area contributed by atoms with Crippen molar-refractivity contribution in [1.29, 1.82) is 0 Å². The maximum Gasteiger partial charge on any atom is 0.279 e. The molecule has 0 radical (unpaired) electrons. The number of hydrogen-bond acceptors (Lipinski definition) is 5. The number of aryl methyl sites for hydroxylation is 1. The highest BCUT2D eigenvalue weighted by molar-refractivity contribution is 6.35. The fourth-order valence-electron chi connectivity index (χ4n) is 2.98. The monoisotopic (exact) mass is 360 g/mol. The van der Waals surface area contributed by atoms with E-state index in [0.717, 1.165) is 18.4 Å². The molecule has 1 aliphatic heterocycles. The molecule has 0 spiro atoms. The molecule has 130 valence electrons. The van der Waals surface area contributed by atoms with Crippen LogP contribution in [0.4, 0.5) is 5.95 Å². The molecule has 1 N–H and O–H groups in total. The number of hydrogen-bond donors (Lipinski definition) is 1. The summed E-state index contributed by atoms with van der Waals surface area (Å²) in [5.41, 5.74) is 1.72. The van der Waals surface area contributed by atoms with E-state index in [-0.39, 0.29) is 17.5 Å². The molecule has 1 amide bonds. The summed E-state index contributed by atoms with van der Waals surface area (Å²) >= 11 is 6.16. The maximum absolute atomic E-state index is 12.5. The van der Waals surface area contributed by atoms with Gasteiger partial charge >= 0.3 is 0 Å². The van der Waals surface area contributed by atoms with Crippen LogP contribution in [0.3, 0.4) is 0 Å². The van der Waals surface area contributed by atoms with Gasteiger partial charge in [0.25, 0.3) is 5.91 Å². The number of nitrogens with zero attached hydrogens (tertiary/aromatic N) is 3. The summed E-state index contributed by atoms with van der Waals surface area (Å²) < 4.78 is 12.6. The Hall–Kier alpha value is -2.38. The predicted molar refractivity (Wildman–Crippen MR) is 93.0 cm³/mol. The Balaban J connectivity index is 1.55. The van der Waals surface area contributed by atoms with Gasteiger partial charge in [-0.1, -0.05) is 17.7 Å². The standard InChI is InChI=1S/C17H17ClN4O3/c1-22-13-4-2-3-11(18)14(13)20-17(22)21-15(23)12-9-25-16(19-12)10-5-7-24-8-6-10/h2-4,9-10H,5-8H2,1H3,(H,20,21,23). The lowest BCUT2D eigenvalue weighted by atomic mass is 10.0. The molecule has 1 fully saturated rings. The van der Waals surface area contributed by atoms with Gasteiger partial charge in [0.2, 0.25) is 5.95 Å². The molecule has 0 aliphatic carbocycles. The number of aromatic nitrogens is 3. The van der Waals surface area contributed by atoms with Gasteiger partial charge in [0.05, 0.1) is 10.5 Å². The third kappa shape index (κ3) is 3.01. The average Bonchev–Trinajstić information content (AvgIpc) is 3.23. The Morgan fingerprint density at radius 3 is 2.88 bits per heavy atom. The van der Waals surface area contributed by atoms with E-state index in [9.17, 15) is 4.79 Å². The first-order valence-corrected chi connectivity index (χ1v) is 8.46. The van der Waals surface area contributed by atoms with Crippen LogP contribution in [0, 0.1) is 0 Å². The fraction of sp³-hybridized carbons (Fsp3) is 0.353. The van der Waals surface area contributed by atoms with Crippen LogP contribution in [0.25, 0.3) is 11.0 Å². The second-order valence-electron chi connectivity index (χ2n) is 6.01. The van der Waals surface area contributed by atoms with Crippen molar-refractivity contribution in [3.8, 4) is 0 Å². The summed E-state index contributed by atoms with van der Waals surface area (Å²) in [5.74, 6) is 0.826. The van der Waals surface area contributed by atoms with Gasteiger partial charge in [-0.3, -0.25) is 10.1 Å². The molecule has 1 aromatic carbocycles. The van der Waals surface area contributed by atoms with E-state index >= 15 is 0 Å². The number of carbonyl (C=O) groups excluding carboxylic acids is 1. The van der Waals surface area contributed by atoms with E-state index in [4.69, 9.17) is 20.8 Å². The molecule has 1 aliphatic rings. The van der Waals surface area contributed by atoms with Crippen LogP contribution < -0.4 is 5.32 Å². The molecular formula is C17H17ClN4O3. The normalized spacial score (nSPS) is 15.6. The SMILES string of the molecule is Cn1c(NC(=O)c2coc(C3CCOCC3)n2)nc2c(Cl)cccc21. The van der Waals surface area contributed by atoms with Crippen molar-refractivity contribution in [2.75, 3.05) is 18.5 Å². The molecule has 0 unspecified atom stereocenters. The first-order valence-electron chi connectivity index (χ1n) is 8.09. The number of carbonyl (C=O) groups is 1. The van der Waals surface area contributed by atoms with E-state index in [1.165, 1.54) is 6.26 Å². The molecule has 25 heavy (non-hydrogen) atoms. The summed E-state index contributed by atoms with van der Waals surface area (Å²) in [7, 11) is 1.82. The molecule has 3 heterocycles. The van der Waals surface area contributed by atoms with Crippen molar-refractivity contribution in [1.82, 2.24) is 14.5 Å². The average molecular weight is 361 g/mol. The van der Waals surface area contributed by atoms with Gasteiger partial charge < -0.3 is 13.7 Å². The Bertz CT molecular complexity index is 927. The van der Waals surface area contributed by atoms with Crippen LogP contribution in [-0.4, -0.2) is 33.7 Å². The number of benzene rings is 1. The van der Waals surface area contributed by atoms with Gasteiger partial charge in [-0.05, 0) is 25.0 Å². The van der Waals surface area contributed by atoms with Gasteiger partial charge in [-0.25, -0.2) is 9.97 Å². The van der Waals surface area contributed by atoms with E-state index < -0.39 is 0 Å². The molecule has 4 rings (SSSR count). The number of fused-ring (bicyclic) bond motifs is 1. The smallest absolute Gasteiger partial charge is 0.279 e. The molecule has 3 aromatic rings. The molecule has 0 bridgehead atoms. The molecule has 0 atom stereocenters. The van der Waals surface area contributed by atoms with Crippen LogP contribution in [0.15, 0.2) is 28.9 Å². The summed E-state index contributed by atoms with van der Waals surface area (Å²) in [5, 5.41) is 3.31. The number of rotatable bonds is 3. The summed E-state index contributed by atoms with van der Waals surface area (Å²) in [6, 6.07) is 5.50. The highest BCUT2D eigenvalue weighted by Gasteiger charge is 2.23. The number of anilines is 1. The molecule has 1 saturated heterocycles. The zero-order valence-electron chi connectivity index (χ0n) is 13.7. The highest BCUT2D eigenvalue weighted by Crippen LogP contribution is 2.27. The number of amides is 1. The fourth-order valence-corrected chi connectivity index (χ4v) is 3.19. The Kier molecular flexibility index (Phi) is 4.19. The van der Waals surface area contributed by atoms with Crippen molar-refractivity contribution in [3.63, 3.8) is 0 Å². The summed E-state index contributed by atoms with van der Waals surface area (Å²) in [6.45, 7) is 1.38. The lowest BCUT2D eigenvalue weighted by molar-refractivity contribution is 0.0794. The third-order valence-electron chi connectivity index (χ3n) is 4.41. The molecular weight excluding hydrogens is 344 g/mol. The van der Waals surface area contributed by atoms with Crippen LogP contribution in [0.5, 0.6) is 0 Å². The first-order chi connectivity index (χ1) is 12.1. The van der Waals surface area contributed by atoms with Gasteiger partial charge in [0, 0.05) is 26.2 Å². The van der Waals surface area contributed by atoms with Crippen LogP contribution in [0.1, 0.15) is 35.1 Å². The number of para-hydroxylation sites is 1. The molecule has 2 aromatic heterocycles. The van der Waals surface area contributed by atoms with Crippen molar-refractivity contribution in [2.45, 2.75) is 18.8 Å². The number of imidazole rings is 1. The quantitative estimate of drug-likeness (QED) is 0.774. The van der Waals surface area contributed by atoms with Gasteiger partial charge in [-0.2, -0.15) is 0 Å². The second-order valence-corrected chi connectivity index (χ2v) is 6.42. The minimum absolute atomic E-state index is 0.199. The summed E-state index contributed by atoms with van der Waals surface area (Å²) in [4.78, 5) is 21.2. The van der Waals surface area contributed by atoms with E-state index in [1.54, 1.807) is 10.6 Å². The van der Waals surface area contributed by atoms with Gasteiger partial charge in [0.15, 0.2) is 11.6 Å². The number of halogens is 1. The van der Waals surface area contributed by atoms with Crippen molar-refractivity contribution in [2.24, 2.45) is 7.05 Å². The van der Waals surface area contributed by atoms with E-state index in [0.29, 0.717) is 35.6 Å². The van der Waals surface area contributed by atoms with Crippen molar-refractivity contribution in [3.05, 3.63) is 41.1 Å². The largest absolute Gasteiger partial charge is 0.448 e. The number of oxazole rings is 1. The van der Waals surface area contributed by atoms with E-state index in [2.05, 4.69) is 15.3 Å². The summed E-state index contributed by atoms with van der Waals surface area (Å²) in [6.07, 6.45) is 3.09. The zero-order chi connectivity index (χ0) is 17.4. The Morgan fingerprint density at radius 2 is 2.12 bits per heavy atom. The van der Waals surface area contributed by atoms with Gasteiger partial charge in [0.1, 0.15) is 11.8 Å². The molecule has 8 heteroatoms. The molecule has 0 saturated carbocycles. The predicted octanol–water partition coefficient (Wildman–Crippen LogP) is 3.36. The number of ether oxygens (including phenoxy) is 1. The Morgan fingerprint density at radius 1 is 1.32 bits per heavy atom. The number of nitrogens with one attached hydrogen (secondary N) is 1. The van der Waals surface area contributed by atoms with Gasteiger partial charge in [-0.15, -0.1) is 0 Å². The lowest BCUT2D eigenvalue weighted by Crippen LogP contribution is -2.17. The van der Waals surface area contributed by atoms with Crippen LogP contribution >= 0.6 is 11.6 Å². The highest BCUT2D eigenvalue weighted by atomic mass is 35.5. The van der Waals surface area contributed by atoms with Crippen LogP contribution in [0.2, 0.25) is 5.02 Å². The first kappa shape index (κ1) is 16.1. The zero-order valence-corrected chi connectivity index (χ0v) is 14.4. The topological polar surface area (TPSA) is 82.2 Å². The third-order valence-corrected chi connectivity index (χ3v) is 4.72. The van der Waals surface area contributed by atoms with Crippen molar-refractivity contribution >= 4 is 34.5 Å². The van der Waals surface area contributed by atoms with Crippen LogP contribution in [-0.2, 0) is 11.8 Å². The lowest BCUT2D eigenvalue weighted by Gasteiger charge is -2.18.